The summed E-state index contributed by atoms with van der Waals surface area (Å²) in [5.74, 6) is 0.234. The maximum atomic E-state index is 10.5. The first-order chi connectivity index (χ1) is 5.49. The van der Waals surface area contributed by atoms with Gasteiger partial charge in [0.15, 0.2) is 0 Å². The SMILES string of the molecule is C#C[C@H](C)[C@H](NC(C)=O)C(=O)O. The van der Waals surface area contributed by atoms with Crippen LogP contribution >= 0.6 is 0 Å². The lowest BCUT2D eigenvalue weighted by atomic mass is 10.0. The molecule has 12 heavy (non-hydrogen) atoms. The van der Waals surface area contributed by atoms with Gasteiger partial charge in [0.25, 0.3) is 0 Å². The fourth-order valence-electron chi connectivity index (χ4n) is 0.716. The highest BCUT2D eigenvalue weighted by molar-refractivity contribution is 5.82. The summed E-state index contributed by atoms with van der Waals surface area (Å²) in [5.41, 5.74) is 0. The Morgan fingerprint density at radius 2 is 2.08 bits per heavy atom. The van der Waals surface area contributed by atoms with Crippen LogP contribution in [0.25, 0.3) is 0 Å². The normalized spacial score (nSPS) is 14.1. The summed E-state index contributed by atoms with van der Waals surface area (Å²) in [6, 6.07) is -0.993. The van der Waals surface area contributed by atoms with Crippen LogP contribution in [-0.4, -0.2) is 23.0 Å². The largest absolute Gasteiger partial charge is 0.480 e. The van der Waals surface area contributed by atoms with Gasteiger partial charge in [-0.3, -0.25) is 4.79 Å². The molecule has 0 aliphatic rings. The highest BCUT2D eigenvalue weighted by Gasteiger charge is 2.23. The molecular formula is C8H11NO3. The molecule has 2 N–H and O–H groups in total. The van der Waals surface area contributed by atoms with Crippen molar-refractivity contribution in [2.24, 2.45) is 5.92 Å². The number of carbonyl (C=O) groups is 2. The Morgan fingerprint density at radius 3 is 2.33 bits per heavy atom. The molecule has 0 unspecified atom stereocenters. The Bertz CT molecular complexity index is 229. The van der Waals surface area contributed by atoms with E-state index in [-0.39, 0.29) is 0 Å². The van der Waals surface area contributed by atoms with Crippen LogP contribution in [0.5, 0.6) is 0 Å². The number of hydrogen-bond acceptors (Lipinski definition) is 2. The van der Waals surface area contributed by atoms with Crippen molar-refractivity contribution in [1.82, 2.24) is 5.32 Å². The zero-order valence-electron chi connectivity index (χ0n) is 7.00. The van der Waals surface area contributed by atoms with E-state index in [1.165, 1.54) is 6.92 Å². The lowest BCUT2D eigenvalue weighted by molar-refractivity contribution is -0.142. The first-order valence-corrected chi connectivity index (χ1v) is 3.45. The predicted molar refractivity (Wildman–Crippen MR) is 43.2 cm³/mol. The van der Waals surface area contributed by atoms with Crippen molar-refractivity contribution in [2.75, 3.05) is 0 Å². The Balaban J connectivity index is 4.36. The lowest BCUT2D eigenvalue weighted by Gasteiger charge is -2.15. The number of aliphatic carboxylic acids is 1. The molecule has 0 rings (SSSR count). The van der Waals surface area contributed by atoms with Gasteiger partial charge in [0.05, 0.1) is 0 Å². The van der Waals surface area contributed by atoms with Crippen LogP contribution in [0.2, 0.25) is 0 Å². The van der Waals surface area contributed by atoms with E-state index in [4.69, 9.17) is 11.5 Å². The van der Waals surface area contributed by atoms with Crippen molar-refractivity contribution in [1.29, 1.82) is 0 Å². The molecule has 0 aromatic carbocycles. The molecule has 0 saturated carbocycles. The van der Waals surface area contributed by atoms with E-state index >= 15 is 0 Å². The molecule has 2 atom stereocenters. The molecule has 0 spiro atoms. The van der Waals surface area contributed by atoms with Gasteiger partial charge in [0, 0.05) is 12.8 Å². The first-order valence-electron chi connectivity index (χ1n) is 3.45. The summed E-state index contributed by atoms with van der Waals surface area (Å²) in [7, 11) is 0. The van der Waals surface area contributed by atoms with Gasteiger partial charge < -0.3 is 10.4 Å². The highest BCUT2D eigenvalue weighted by atomic mass is 16.4. The Kier molecular flexibility index (Phi) is 3.84. The second-order valence-corrected chi connectivity index (χ2v) is 2.47. The third kappa shape index (κ3) is 3.06. The topological polar surface area (TPSA) is 66.4 Å². The van der Waals surface area contributed by atoms with E-state index in [1.807, 2.05) is 0 Å². The number of carbonyl (C=O) groups excluding carboxylic acids is 1. The number of amides is 1. The van der Waals surface area contributed by atoms with Gasteiger partial charge in [-0.15, -0.1) is 12.3 Å². The van der Waals surface area contributed by atoms with Crippen LogP contribution in [0.1, 0.15) is 13.8 Å². The van der Waals surface area contributed by atoms with Crippen LogP contribution in [0, 0.1) is 18.3 Å². The smallest absolute Gasteiger partial charge is 0.327 e. The third-order valence-electron chi connectivity index (χ3n) is 1.39. The number of hydrogen-bond donors (Lipinski definition) is 2. The molecule has 1 amide bonds. The maximum absolute atomic E-state index is 10.5. The average molecular weight is 169 g/mol. The van der Waals surface area contributed by atoms with Crippen LogP contribution in [-0.2, 0) is 9.59 Å². The Hall–Kier alpha value is -1.50. The number of carboxylic acid groups (broad SMARTS) is 1. The summed E-state index contributed by atoms with van der Waals surface area (Å²) >= 11 is 0. The first kappa shape index (κ1) is 10.5. The van der Waals surface area contributed by atoms with Gasteiger partial charge in [0.1, 0.15) is 6.04 Å². The molecular weight excluding hydrogens is 158 g/mol. The summed E-state index contributed by atoms with van der Waals surface area (Å²) in [6.07, 6.45) is 5.02. The molecule has 4 heteroatoms. The fourth-order valence-corrected chi connectivity index (χ4v) is 0.716. The van der Waals surface area contributed by atoms with E-state index in [1.54, 1.807) is 6.92 Å². The minimum absolute atomic E-state index is 0.399. The van der Waals surface area contributed by atoms with Gasteiger partial charge in [0.2, 0.25) is 5.91 Å². The third-order valence-corrected chi connectivity index (χ3v) is 1.39. The van der Waals surface area contributed by atoms with Crippen molar-refractivity contribution in [2.45, 2.75) is 19.9 Å². The van der Waals surface area contributed by atoms with Crippen LogP contribution in [0.3, 0.4) is 0 Å². The van der Waals surface area contributed by atoms with Crippen LogP contribution in [0.4, 0.5) is 0 Å². The van der Waals surface area contributed by atoms with E-state index in [0.29, 0.717) is 0 Å². The van der Waals surface area contributed by atoms with Gasteiger partial charge in [-0.05, 0) is 6.92 Å². The van der Waals surface area contributed by atoms with E-state index in [9.17, 15) is 9.59 Å². The van der Waals surface area contributed by atoms with Crippen molar-refractivity contribution < 1.29 is 14.7 Å². The van der Waals surface area contributed by atoms with Crippen LogP contribution in [0.15, 0.2) is 0 Å². The second kappa shape index (κ2) is 4.39. The molecule has 0 aliphatic carbocycles. The van der Waals surface area contributed by atoms with Crippen molar-refractivity contribution in [3.63, 3.8) is 0 Å². The quantitative estimate of drug-likeness (QED) is 0.577. The molecule has 0 aromatic heterocycles. The standard InChI is InChI=1S/C8H11NO3/c1-4-5(2)7(8(11)12)9-6(3)10/h1,5,7H,2-3H3,(H,9,10)(H,11,12)/t5-,7-/m0/s1. The van der Waals surface area contributed by atoms with Gasteiger partial charge in [-0.2, -0.15) is 0 Å². The van der Waals surface area contributed by atoms with E-state index in [0.717, 1.165) is 0 Å². The summed E-state index contributed by atoms with van der Waals surface area (Å²) in [5, 5.41) is 10.9. The number of nitrogens with one attached hydrogen (secondary N) is 1. The molecule has 0 aromatic rings. The van der Waals surface area contributed by atoms with Crippen molar-refractivity contribution in [3.8, 4) is 12.3 Å². The second-order valence-electron chi connectivity index (χ2n) is 2.47. The molecule has 0 aliphatic heterocycles. The minimum atomic E-state index is -1.12. The zero-order valence-corrected chi connectivity index (χ0v) is 7.00. The molecule has 0 saturated heterocycles. The van der Waals surface area contributed by atoms with Gasteiger partial charge in [-0.25, -0.2) is 4.79 Å². The minimum Gasteiger partial charge on any atom is -0.480 e. The summed E-state index contributed by atoms with van der Waals surface area (Å²) in [6.45, 7) is 2.81. The molecule has 66 valence electrons. The van der Waals surface area contributed by atoms with Crippen molar-refractivity contribution in [3.05, 3.63) is 0 Å². The zero-order chi connectivity index (χ0) is 9.72. The predicted octanol–water partition coefficient (Wildman–Crippen LogP) is -0.155. The molecule has 4 nitrogen and oxygen atoms in total. The molecule has 0 radical (unpaired) electrons. The average Bonchev–Trinajstić information content (AvgIpc) is 1.98. The monoisotopic (exact) mass is 169 g/mol. The van der Waals surface area contributed by atoms with E-state index < -0.39 is 23.8 Å². The number of carboxylic acids is 1. The number of terminal acetylenes is 1. The fraction of sp³-hybridized carbons (Fsp3) is 0.500. The highest BCUT2D eigenvalue weighted by Crippen LogP contribution is 2.00. The molecule has 0 bridgehead atoms. The van der Waals surface area contributed by atoms with Crippen LogP contribution < -0.4 is 5.32 Å². The Labute approximate surface area is 71.0 Å². The lowest BCUT2D eigenvalue weighted by Crippen LogP contribution is -2.43. The van der Waals surface area contributed by atoms with Crippen molar-refractivity contribution >= 4 is 11.9 Å². The van der Waals surface area contributed by atoms with Gasteiger partial charge >= 0.3 is 5.97 Å². The maximum Gasteiger partial charge on any atom is 0.327 e. The molecule has 0 heterocycles. The van der Waals surface area contributed by atoms with Gasteiger partial charge in [-0.1, -0.05) is 0 Å². The number of rotatable bonds is 3. The van der Waals surface area contributed by atoms with E-state index in [2.05, 4.69) is 11.2 Å². The summed E-state index contributed by atoms with van der Waals surface area (Å²) < 4.78 is 0. The Morgan fingerprint density at radius 1 is 1.58 bits per heavy atom. The summed E-state index contributed by atoms with van der Waals surface area (Å²) in [4.78, 5) is 21.1. The molecule has 0 fully saturated rings.